The molecule has 10 nitrogen and oxygen atoms in total. The molecule has 1 saturated heterocycles. The lowest BCUT2D eigenvalue weighted by molar-refractivity contribution is 0.0804. The fourth-order valence-corrected chi connectivity index (χ4v) is 5.02. The molecule has 2 aliphatic heterocycles. The van der Waals surface area contributed by atoms with E-state index in [0.717, 1.165) is 73.2 Å². The summed E-state index contributed by atoms with van der Waals surface area (Å²) in [5.74, 6) is 0.538. The maximum absolute atomic E-state index is 5.77. The normalized spacial score (nSPS) is 15.9. The van der Waals surface area contributed by atoms with E-state index in [2.05, 4.69) is 49.4 Å². The minimum absolute atomic E-state index is 0.497. The van der Waals surface area contributed by atoms with Gasteiger partial charge in [0.05, 0.1) is 43.3 Å². The molecule has 1 N–H and O–H groups in total. The number of fused-ring (bicyclic) bond motifs is 1. The summed E-state index contributed by atoms with van der Waals surface area (Å²) in [7, 11) is 1.76. The number of hydrogen-bond acceptors (Lipinski definition) is 9. The average Bonchev–Trinajstić information content (AvgIpc) is 3.37. The van der Waals surface area contributed by atoms with Crippen molar-refractivity contribution in [3.63, 3.8) is 0 Å². The van der Waals surface area contributed by atoms with Gasteiger partial charge in [-0.15, -0.1) is 0 Å². The molecular formula is C28H32N8O2. The summed E-state index contributed by atoms with van der Waals surface area (Å²) in [6.07, 6.45) is 5.38. The van der Waals surface area contributed by atoms with Gasteiger partial charge in [-0.05, 0) is 42.5 Å². The third-order valence-corrected chi connectivity index (χ3v) is 7.06. The Balaban J connectivity index is 1.20. The quantitative estimate of drug-likeness (QED) is 0.381. The third kappa shape index (κ3) is 5.24. The Labute approximate surface area is 222 Å². The Hall–Kier alpha value is -3.86. The van der Waals surface area contributed by atoms with E-state index in [9.17, 15) is 0 Å². The van der Waals surface area contributed by atoms with Crippen LogP contribution in [-0.2, 0) is 22.6 Å². The average molecular weight is 513 g/mol. The van der Waals surface area contributed by atoms with E-state index in [-0.39, 0.29) is 0 Å². The Morgan fingerprint density at radius 1 is 1.00 bits per heavy atom. The van der Waals surface area contributed by atoms with Gasteiger partial charge in [-0.2, -0.15) is 5.10 Å². The fraction of sp³-hybridized carbons (Fsp3) is 0.357. The van der Waals surface area contributed by atoms with Crippen LogP contribution in [0.2, 0.25) is 0 Å². The molecule has 0 radical (unpaired) electrons. The van der Waals surface area contributed by atoms with Gasteiger partial charge in [-0.25, -0.2) is 9.97 Å². The smallest absolute Gasteiger partial charge is 0.227 e. The van der Waals surface area contributed by atoms with Crippen LogP contribution in [0.25, 0.3) is 22.5 Å². The zero-order valence-corrected chi connectivity index (χ0v) is 21.6. The molecule has 196 valence electrons. The molecule has 0 atom stereocenters. The molecule has 38 heavy (non-hydrogen) atoms. The Morgan fingerprint density at radius 2 is 1.87 bits per heavy atom. The SMILES string of the molecule is COCCN1CCN(c2ccc(Nc3nccc(-c4c(-c5cccnc5)nn5c4COCC5)n3)cc2)CC1. The van der Waals surface area contributed by atoms with Gasteiger partial charge in [0.1, 0.15) is 5.69 Å². The minimum atomic E-state index is 0.497. The van der Waals surface area contributed by atoms with E-state index in [1.807, 2.05) is 29.1 Å². The van der Waals surface area contributed by atoms with Gasteiger partial charge in [0.15, 0.2) is 0 Å². The maximum atomic E-state index is 5.77. The standard InChI is InChI=1S/C28H32N8O2/c1-37-17-15-34-11-13-35(14-12-34)23-6-4-22(5-7-23)31-28-30-10-8-24(32-28)26-25-20-38-18-16-36(25)33-27(26)21-3-2-9-29-19-21/h2-10,19H,11-18,20H2,1H3,(H,30,31,32). The molecule has 10 heteroatoms. The number of nitrogens with one attached hydrogen (secondary N) is 1. The van der Waals surface area contributed by atoms with Crippen molar-refractivity contribution < 1.29 is 9.47 Å². The molecule has 6 rings (SSSR count). The Bertz CT molecular complexity index is 1350. The summed E-state index contributed by atoms with van der Waals surface area (Å²) in [5, 5.41) is 8.26. The first-order chi connectivity index (χ1) is 18.8. The third-order valence-electron chi connectivity index (χ3n) is 7.06. The number of hydrogen-bond donors (Lipinski definition) is 1. The summed E-state index contributed by atoms with van der Waals surface area (Å²) in [6.45, 7) is 7.77. The Morgan fingerprint density at radius 3 is 2.66 bits per heavy atom. The van der Waals surface area contributed by atoms with Crippen molar-refractivity contribution in [3.8, 4) is 22.5 Å². The van der Waals surface area contributed by atoms with Gasteiger partial charge in [0, 0.05) is 75.4 Å². The van der Waals surface area contributed by atoms with Crippen molar-refractivity contribution in [2.24, 2.45) is 0 Å². The van der Waals surface area contributed by atoms with Crippen molar-refractivity contribution in [2.45, 2.75) is 13.2 Å². The molecule has 0 amide bonds. The molecule has 1 fully saturated rings. The van der Waals surface area contributed by atoms with E-state index in [1.165, 1.54) is 5.69 Å². The first kappa shape index (κ1) is 24.5. The van der Waals surface area contributed by atoms with E-state index < -0.39 is 0 Å². The molecule has 1 aromatic carbocycles. The van der Waals surface area contributed by atoms with Gasteiger partial charge < -0.3 is 19.7 Å². The van der Waals surface area contributed by atoms with Gasteiger partial charge in [0.25, 0.3) is 0 Å². The molecule has 0 saturated carbocycles. The van der Waals surface area contributed by atoms with Gasteiger partial charge >= 0.3 is 0 Å². The number of methoxy groups -OCH3 is 1. The molecule has 5 heterocycles. The Kier molecular flexibility index (Phi) is 7.25. The number of rotatable bonds is 8. The number of benzene rings is 1. The number of nitrogens with zero attached hydrogens (tertiary/aromatic N) is 7. The van der Waals surface area contributed by atoms with Crippen LogP contribution < -0.4 is 10.2 Å². The topological polar surface area (TPSA) is 93.5 Å². The van der Waals surface area contributed by atoms with Crippen LogP contribution in [0.4, 0.5) is 17.3 Å². The van der Waals surface area contributed by atoms with E-state index in [0.29, 0.717) is 25.7 Å². The lowest BCUT2D eigenvalue weighted by Crippen LogP contribution is -2.47. The van der Waals surface area contributed by atoms with E-state index in [1.54, 1.807) is 19.5 Å². The monoisotopic (exact) mass is 512 g/mol. The van der Waals surface area contributed by atoms with Gasteiger partial charge in [-0.1, -0.05) is 0 Å². The number of anilines is 3. The van der Waals surface area contributed by atoms with Crippen molar-refractivity contribution >= 4 is 17.3 Å². The first-order valence-electron chi connectivity index (χ1n) is 13.0. The summed E-state index contributed by atoms with van der Waals surface area (Å²) < 4.78 is 13.0. The van der Waals surface area contributed by atoms with Crippen LogP contribution in [0, 0.1) is 0 Å². The van der Waals surface area contributed by atoms with Gasteiger partial charge in [-0.3, -0.25) is 14.6 Å². The van der Waals surface area contributed by atoms with Crippen molar-refractivity contribution in [1.82, 2.24) is 29.6 Å². The summed E-state index contributed by atoms with van der Waals surface area (Å²) >= 11 is 0. The van der Waals surface area contributed by atoms with Crippen LogP contribution in [0.1, 0.15) is 5.69 Å². The van der Waals surface area contributed by atoms with Crippen molar-refractivity contribution in [1.29, 1.82) is 0 Å². The molecule has 3 aromatic heterocycles. The predicted molar refractivity (Wildman–Crippen MR) is 146 cm³/mol. The summed E-state index contributed by atoms with van der Waals surface area (Å²) in [5.41, 5.74) is 6.76. The fourth-order valence-electron chi connectivity index (χ4n) is 5.02. The first-order valence-corrected chi connectivity index (χ1v) is 13.0. The lowest BCUT2D eigenvalue weighted by atomic mass is 10.0. The summed E-state index contributed by atoms with van der Waals surface area (Å²) in [6, 6.07) is 14.3. The zero-order valence-electron chi connectivity index (χ0n) is 21.6. The van der Waals surface area contributed by atoms with Crippen LogP contribution in [0.3, 0.4) is 0 Å². The molecule has 0 spiro atoms. The molecule has 0 aliphatic carbocycles. The molecule has 4 aromatic rings. The summed E-state index contributed by atoms with van der Waals surface area (Å²) in [4.78, 5) is 18.5. The van der Waals surface area contributed by atoms with Crippen LogP contribution >= 0.6 is 0 Å². The second-order valence-electron chi connectivity index (χ2n) is 9.45. The number of pyridine rings is 1. The number of piperazine rings is 1. The molecular weight excluding hydrogens is 480 g/mol. The highest BCUT2D eigenvalue weighted by Gasteiger charge is 2.24. The lowest BCUT2D eigenvalue weighted by Gasteiger charge is -2.36. The highest BCUT2D eigenvalue weighted by Crippen LogP contribution is 2.35. The number of aromatic nitrogens is 5. The maximum Gasteiger partial charge on any atom is 0.227 e. The van der Waals surface area contributed by atoms with Crippen molar-refractivity contribution in [2.75, 3.05) is 63.3 Å². The van der Waals surface area contributed by atoms with Crippen LogP contribution in [0.15, 0.2) is 61.1 Å². The van der Waals surface area contributed by atoms with Crippen LogP contribution in [-0.4, -0.2) is 82.7 Å². The number of ether oxygens (including phenoxy) is 2. The van der Waals surface area contributed by atoms with Crippen molar-refractivity contribution in [3.05, 3.63) is 66.7 Å². The second kappa shape index (κ2) is 11.3. The largest absolute Gasteiger partial charge is 0.383 e. The minimum Gasteiger partial charge on any atom is -0.383 e. The zero-order chi connectivity index (χ0) is 25.7. The van der Waals surface area contributed by atoms with Gasteiger partial charge in [0.2, 0.25) is 5.95 Å². The second-order valence-corrected chi connectivity index (χ2v) is 9.45. The molecule has 0 bridgehead atoms. The van der Waals surface area contributed by atoms with Crippen LogP contribution in [0.5, 0.6) is 0 Å². The van der Waals surface area contributed by atoms with E-state index >= 15 is 0 Å². The highest BCUT2D eigenvalue weighted by atomic mass is 16.5. The molecule has 2 aliphatic rings. The van der Waals surface area contributed by atoms with E-state index in [4.69, 9.17) is 19.6 Å². The highest BCUT2D eigenvalue weighted by molar-refractivity contribution is 5.81. The molecule has 0 unspecified atom stereocenters. The predicted octanol–water partition coefficient (Wildman–Crippen LogP) is 3.44.